The molecule has 1 heterocycles. The van der Waals surface area contributed by atoms with Crippen LogP contribution in [-0.4, -0.2) is 18.5 Å². The van der Waals surface area contributed by atoms with Gasteiger partial charge in [-0.25, -0.2) is 4.79 Å². The number of carbonyl (C=O) groups is 2. The molecule has 1 aliphatic heterocycles. The van der Waals surface area contributed by atoms with E-state index in [1.165, 1.54) is 6.08 Å². The summed E-state index contributed by atoms with van der Waals surface area (Å²) in [5.74, 6) is -0.710. The molecule has 0 aliphatic carbocycles. The zero-order valence-corrected chi connectivity index (χ0v) is 10.7. The van der Waals surface area contributed by atoms with E-state index < -0.39 is 5.97 Å². The number of amides is 1. The van der Waals surface area contributed by atoms with Crippen molar-refractivity contribution in [2.75, 3.05) is 6.61 Å². The van der Waals surface area contributed by atoms with E-state index in [0.29, 0.717) is 21.3 Å². The lowest BCUT2D eigenvalue weighted by Crippen LogP contribution is -2.25. The van der Waals surface area contributed by atoms with Crippen LogP contribution in [0.1, 0.15) is 5.56 Å². The second-order valence-electron chi connectivity index (χ2n) is 3.74. The molecule has 1 aromatic carbocycles. The van der Waals surface area contributed by atoms with Crippen molar-refractivity contribution in [1.82, 2.24) is 5.32 Å². The highest BCUT2D eigenvalue weighted by Gasteiger charge is 2.15. The predicted molar refractivity (Wildman–Crippen MR) is 67.4 cm³/mol. The summed E-state index contributed by atoms with van der Waals surface area (Å²) < 4.78 is 4.67. The molecule has 0 atom stereocenters. The van der Waals surface area contributed by atoms with Gasteiger partial charge in [0.05, 0.1) is 12.1 Å². The topological polar surface area (TPSA) is 55.4 Å². The maximum absolute atomic E-state index is 11.7. The number of cyclic esters (lactones) is 1. The molecule has 0 bridgehead atoms. The van der Waals surface area contributed by atoms with E-state index in [1.807, 2.05) is 0 Å². The van der Waals surface area contributed by atoms with Gasteiger partial charge >= 0.3 is 5.97 Å². The average Bonchev–Trinajstić information content (AvgIpc) is 2.68. The van der Waals surface area contributed by atoms with Crippen LogP contribution in [0.15, 0.2) is 30.0 Å². The number of carbonyl (C=O) groups excluding carboxylic acids is 2. The molecule has 0 spiro atoms. The molecule has 0 unspecified atom stereocenters. The lowest BCUT2D eigenvalue weighted by Gasteiger charge is -2.06. The Kier molecular flexibility index (Phi) is 3.89. The molecule has 4 nitrogen and oxygen atoms in total. The van der Waals surface area contributed by atoms with E-state index in [1.54, 1.807) is 18.2 Å². The zero-order chi connectivity index (χ0) is 13.1. The van der Waals surface area contributed by atoms with Gasteiger partial charge < -0.3 is 10.1 Å². The molecule has 0 fully saturated rings. The van der Waals surface area contributed by atoms with Gasteiger partial charge in [-0.05, 0) is 17.7 Å². The Labute approximate surface area is 114 Å². The molecule has 1 aliphatic rings. The summed E-state index contributed by atoms with van der Waals surface area (Å²) in [7, 11) is 0. The van der Waals surface area contributed by atoms with Gasteiger partial charge in [-0.15, -0.1) is 0 Å². The smallest absolute Gasteiger partial charge is 0.333 e. The second-order valence-corrected chi connectivity index (χ2v) is 4.58. The van der Waals surface area contributed by atoms with Crippen molar-refractivity contribution in [3.8, 4) is 0 Å². The first-order chi connectivity index (χ1) is 8.54. The fourth-order valence-electron chi connectivity index (χ4n) is 1.51. The van der Waals surface area contributed by atoms with Gasteiger partial charge in [-0.3, -0.25) is 4.79 Å². The maximum atomic E-state index is 11.7. The molecular weight excluding hydrogens is 277 g/mol. The average molecular weight is 286 g/mol. The number of esters is 1. The van der Waals surface area contributed by atoms with Gasteiger partial charge in [0.1, 0.15) is 6.61 Å². The Morgan fingerprint density at radius 1 is 1.39 bits per heavy atom. The van der Waals surface area contributed by atoms with Crippen molar-refractivity contribution in [2.24, 2.45) is 0 Å². The Hall–Kier alpha value is -1.52. The van der Waals surface area contributed by atoms with E-state index in [9.17, 15) is 9.59 Å². The molecule has 94 valence electrons. The van der Waals surface area contributed by atoms with Crippen LogP contribution in [-0.2, 0) is 20.7 Å². The number of rotatable bonds is 3. The Morgan fingerprint density at radius 2 is 2.17 bits per heavy atom. The van der Waals surface area contributed by atoms with Crippen molar-refractivity contribution >= 4 is 35.1 Å². The highest BCUT2D eigenvalue weighted by molar-refractivity contribution is 6.35. The third-order valence-corrected chi connectivity index (χ3v) is 2.92. The Balaban J connectivity index is 1.99. The molecule has 1 aromatic rings. The number of benzene rings is 1. The summed E-state index contributed by atoms with van der Waals surface area (Å²) in [6.07, 6.45) is 1.36. The van der Waals surface area contributed by atoms with Crippen LogP contribution in [0.25, 0.3) is 0 Å². The highest BCUT2D eigenvalue weighted by atomic mass is 35.5. The Bertz CT molecular complexity index is 540. The minimum absolute atomic E-state index is 0.0962. The number of ether oxygens (including phenoxy) is 1. The van der Waals surface area contributed by atoms with Crippen molar-refractivity contribution in [1.29, 1.82) is 0 Å². The van der Waals surface area contributed by atoms with Crippen LogP contribution in [0.4, 0.5) is 0 Å². The van der Waals surface area contributed by atoms with E-state index in [-0.39, 0.29) is 18.9 Å². The van der Waals surface area contributed by atoms with Gasteiger partial charge in [0.15, 0.2) is 0 Å². The Morgan fingerprint density at radius 3 is 2.78 bits per heavy atom. The first kappa shape index (κ1) is 12.9. The lowest BCUT2D eigenvalue weighted by molar-refractivity contribution is -0.135. The summed E-state index contributed by atoms with van der Waals surface area (Å²) in [6.45, 7) is 0.0962. The predicted octanol–water partition coefficient (Wildman–Crippen LogP) is 2.09. The SMILES string of the molecule is O=C(Cc1ccc(Cl)cc1Cl)NC1=CC(=O)OC1. The molecular formula is C12H9Cl2NO3. The summed E-state index contributed by atoms with van der Waals surface area (Å²) >= 11 is 11.7. The normalized spacial score (nSPS) is 14.1. The van der Waals surface area contributed by atoms with Crippen LogP contribution in [0.3, 0.4) is 0 Å². The van der Waals surface area contributed by atoms with Crippen LogP contribution >= 0.6 is 23.2 Å². The minimum Gasteiger partial charge on any atom is -0.456 e. The third-order valence-electron chi connectivity index (χ3n) is 2.33. The van der Waals surface area contributed by atoms with E-state index >= 15 is 0 Å². The summed E-state index contributed by atoms with van der Waals surface area (Å²) in [5, 5.41) is 3.54. The maximum Gasteiger partial charge on any atom is 0.333 e. The summed E-state index contributed by atoms with van der Waals surface area (Å²) in [5.41, 5.74) is 1.12. The highest BCUT2D eigenvalue weighted by Crippen LogP contribution is 2.21. The number of hydrogen-bond donors (Lipinski definition) is 1. The molecule has 0 saturated carbocycles. The second kappa shape index (κ2) is 5.42. The van der Waals surface area contributed by atoms with E-state index in [0.717, 1.165) is 0 Å². The van der Waals surface area contributed by atoms with Crippen LogP contribution in [0, 0.1) is 0 Å². The fourth-order valence-corrected chi connectivity index (χ4v) is 1.98. The van der Waals surface area contributed by atoms with Crippen molar-refractivity contribution in [2.45, 2.75) is 6.42 Å². The number of nitrogens with one attached hydrogen (secondary N) is 1. The number of hydrogen-bond acceptors (Lipinski definition) is 3. The van der Waals surface area contributed by atoms with Gasteiger partial charge in [-0.2, -0.15) is 0 Å². The molecule has 0 aromatic heterocycles. The van der Waals surface area contributed by atoms with Crippen LogP contribution in [0.2, 0.25) is 10.0 Å². The first-order valence-corrected chi connectivity index (χ1v) is 5.91. The molecule has 6 heteroatoms. The van der Waals surface area contributed by atoms with Gasteiger partial charge in [0.25, 0.3) is 0 Å². The van der Waals surface area contributed by atoms with Crippen molar-refractivity contribution in [3.63, 3.8) is 0 Å². The standard InChI is InChI=1S/C12H9Cl2NO3/c13-8-2-1-7(10(14)4-8)3-11(16)15-9-5-12(17)18-6-9/h1-2,4-5H,3,6H2,(H,15,16). The van der Waals surface area contributed by atoms with Crippen molar-refractivity contribution in [3.05, 3.63) is 45.6 Å². The zero-order valence-electron chi connectivity index (χ0n) is 9.20. The largest absolute Gasteiger partial charge is 0.456 e. The quantitative estimate of drug-likeness (QED) is 0.866. The molecule has 0 saturated heterocycles. The fraction of sp³-hybridized carbons (Fsp3) is 0.167. The van der Waals surface area contributed by atoms with Crippen molar-refractivity contribution < 1.29 is 14.3 Å². The number of halogens is 2. The summed E-state index contributed by atoms with van der Waals surface area (Å²) in [6, 6.07) is 4.93. The molecule has 1 N–H and O–H groups in total. The first-order valence-electron chi connectivity index (χ1n) is 5.16. The van der Waals surface area contributed by atoms with E-state index in [2.05, 4.69) is 10.1 Å². The lowest BCUT2D eigenvalue weighted by atomic mass is 10.1. The minimum atomic E-state index is -0.449. The third kappa shape index (κ3) is 3.24. The molecule has 2 rings (SSSR count). The van der Waals surface area contributed by atoms with Crippen LogP contribution in [0.5, 0.6) is 0 Å². The summed E-state index contributed by atoms with van der Waals surface area (Å²) in [4.78, 5) is 22.5. The van der Waals surface area contributed by atoms with Gasteiger partial charge in [-0.1, -0.05) is 29.3 Å². The molecule has 0 radical (unpaired) electrons. The van der Waals surface area contributed by atoms with Gasteiger partial charge in [0, 0.05) is 16.1 Å². The molecule has 1 amide bonds. The van der Waals surface area contributed by atoms with Gasteiger partial charge in [0.2, 0.25) is 5.91 Å². The monoisotopic (exact) mass is 285 g/mol. The van der Waals surface area contributed by atoms with Crippen LogP contribution < -0.4 is 5.32 Å². The van der Waals surface area contributed by atoms with E-state index in [4.69, 9.17) is 23.2 Å². The molecule has 18 heavy (non-hydrogen) atoms.